The summed E-state index contributed by atoms with van der Waals surface area (Å²) in [5.74, 6) is 3.40. The molecule has 0 N–H and O–H groups in total. The number of ether oxygens (including phenoxy) is 5. The lowest BCUT2D eigenvalue weighted by Crippen LogP contribution is -2.53. The van der Waals surface area contributed by atoms with Crippen molar-refractivity contribution in [1.29, 1.82) is 0 Å². The number of rotatable bonds is 12. The summed E-state index contributed by atoms with van der Waals surface area (Å²) >= 11 is 0. The summed E-state index contributed by atoms with van der Waals surface area (Å²) in [6.07, 6.45) is 12.5. The molecule has 0 atom stereocenters. The summed E-state index contributed by atoms with van der Waals surface area (Å²) in [4.78, 5) is 0. The maximum atomic E-state index is 7.19. The summed E-state index contributed by atoms with van der Waals surface area (Å²) in [5.41, 5.74) is 4.25. The quantitative estimate of drug-likeness (QED) is 0.0903. The van der Waals surface area contributed by atoms with Gasteiger partial charge in [0.1, 0.15) is 62.5 Å². The Labute approximate surface area is 404 Å². The van der Waals surface area contributed by atoms with Crippen LogP contribution in [0.1, 0.15) is 78.1 Å². The molecule has 1 aliphatic rings. The van der Waals surface area contributed by atoms with Crippen LogP contribution in [-0.4, -0.2) is 70.3 Å². The molecule has 68 heavy (non-hydrogen) atoms. The van der Waals surface area contributed by atoms with Gasteiger partial charge >= 0.3 is 0 Å². The van der Waals surface area contributed by atoms with Gasteiger partial charge in [0.2, 0.25) is 0 Å². The molecule has 0 fully saturated rings. The fourth-order valence-corrected chi connectivity index (χ4v) is 10.5. The number of nitrogens with zero attached hydrogens (tertiary/aromatic N) is 1. The van der Waals surface area contributed by atoms with E-state index in [0.29, 0.717) is 39.6 Å². The van der Waals surface area contributed by atoms with Gasteiger partial charge in [-0.05, 0) is 93.0 Å². The van der Waals surface area contributed by atoms with E-state index in [9.17, 15) is 0 Å². The maximum absolute atomic E-state index is 7.19. The molecule has 1 aliphatic heterocycles. The number of quaternary nitrogens is 1. The van der Waals surface area contributed by atoms with Crippen LogP contribution in [0.3, 0.4) is 0 Å². The van der Waals surface area contributed by atoms with E-state index in [0.717, 1.165) is 108 Å². The van der Waals surface area contributed by atoms with Gasteiger partial charge in [0.15, 0.2) is 0 Å². The molecule has 1 heterocycles. The Hall–Kier alpha value is -6.08. The number of hydrogen-bond donors (Lipinski definition) is 0. The smallest absolute Gasteiger partial charge is 0.137 e. The minimum atomic E-state index is 0.390. The second-order valence-electron chi connectivity index (χ2n) is 18.7. The Morgan fingerprint density at radius 1 is 0.324 bits per heavy atom. The molecule has 0 amide bonds. The molecule has 0 radical (unpaired) electrons. The molecular formula is C62H70NO5+. The zero-order valence-electron chi connectivity index (χ0n) is 40.5. The average molecular weight is 909 g/mol. The molecule has 0 spiro atoms. The predicted octanol–water partition coefficient (Wildman–Crippen LogP) is 15.6. The highest BCUT2D eigenvalue weighted by molar-refractivity contribution is 6.11. The average Bonchev–Trinajstić information content (AvgIpc) is 3.38. The lowest BCUT2D eigenvalue weighted by atomic mass is 9.92. The number of benzene rings is 8. The molecule has 9 rings (SSSR count). The van der Waals surface area contributed by atoms with E-state index in [1.54, 1.807) is 0 Å². The van der Waals surface area contributed by atoms with Crippen molar-refractivity contribution >= 4 is 43.1 Å². The molecule has 8 aromatic carbocycles. The van der Waals surface area contributed by atoms with Crippen molar-refractivity contribution in [2.45, 2.75) is 78.1 Å². The highest BCUT2D eigenvalue weighted by atomic mass is 16.5. The van der Waals surface area contributed by atoms with Crippen molar-refractivity contribution in [1.82, 2.24) is 0 Å². The Balaban J connectivity index is 1.14. The molecular weight excluding hydrogens is 839 g/mol. The predicted molar refractivity (Wildman–Crippen MR) is 284 cm³/mol. The molecule has 352 valence electrons. The van der Waals surface area contributed by atoms with E-state index in [1.165, 1.54) is 75.0 Å². The first kappa shape index (κ1) is 47.0. The van der Waals surface area contributed by atoms with Crippen LogP contribution in [0.4, 0.5) is 0 Å². The topological polar surface area (TPSA) is 46.2 Å². The summed E-state index contributed by atoms with van der Waals surface area (Å²) in [6.45, 7) is 11.4. The number of unbranched alkanes of at least 4 members (excludes halogenated alkanes) is 8. The largest absolute Gasteiger partial charge is 0.491 e. The van der Waals surface area contributed by atoms with Crippen LogP contribution in [0.5, 0.6) is 23.0 Å². The van der Waals surface area contributed by atoms with Gasteiger partial charge in [-0.2, -0.15) is 0 Å². The Morgan fingerprint density at radius 3 is 0.971 bits per heavy atom. The molecule has 0 bridgehead atoms. The molecule has 0 aromatic heterocycles. The standard InChI is InChI=1S/C62H70NO5/c1-3-5-7-9-19-37-63(38-20-10-8-6-4-2)39-41-65-55-33-29-47-21-11-15-25-51(47)59(55)61-53-27-17-13-23-49(53)31-35-57(61)67-45-43-64-44-46-68-58-36-32-50-24-14-18-28-54(50)62(58)60-52-26-16-12-22-48(52)30-34-56(60)66-42-40-63/h11-18,21-36H,3-10,19-20,37-46H2,1-2H3/q+1. The fourth-order valence-electron chi connectivity index (χ4n) is 10.5. The Kier molecular flexibility index (Phi) is 16.1. The van der Waals surface area contributed by atoms with Crippen LogP contribution in [0.25, 0.3) is 65.3 Å². The van der Waals surface area contributed by atoms with Gasteiger partial charge in [-0.1, -0.05) is 174 Å². The lowest BCUT2D eigenvalue weighted by Gasteiger charge is -2.39. The Morgan fingerprint density at radius 2 is 0.632 bits per heavy atom. The summed E-state index contributed by atoms with van der Waals surface area (Å²) in [6, 6.07) is 51.9. The monoisotopic (exact) mass is 909 g/mol. The van der Waals surface area contributed by atoms with Gasteiger partial charge in [-0.3, -0.25) is 0 Å². The molecule has 6 nitrogen and oxygen atoms in total. The van der Waals surface area contributed by atoms with Crippen LogP contribution < -0.4 is 18.9 Å². The van der Waals surface area contributed by atoms with Crippen molar-refractivity contribution in [2.75, 3.05) is 65.8 Å². The highest BCUT2D eigenvalue weighted by Crippen LogP contribution is 2.47. The fraction of sp³-hybridized carbons (Fsp3) is 0.355. The first-order valence-electron chi connectivity index (χ1n) is 25.7. The molecule has 0 saturated heterocycles. The van der Waals surface area contributed by atoms with Gasteiger partial charge in [0.05, 0.1) is 26.3 Å². The van der Waals surface area contributed by atoms with Gasteiger partial charge in [-0.25, -0.2) is 0 Å². The van der Waals surface area contributed by atoms with E-state index >= 15 is 0 Å². The second kappa shape index (κ2) is 23.3. The third-order valence-corrected chi connectivity index (χ3v) is 14.2. The van der Waals surface area contributed by atoms with Crippen molar-refractivity contribution in [2.24, 2.45) is 0 Å². The van der Waals surface area contributed by atoms with Gasteiger partial charge in [0.25, 0.3) is 0 Å². The van der Waals surface area contributed by atoms with Gasteiger partial charge in [0, 0.05) is 22.3 Å². The van der Waals surface area contributed by atoms with Crippen LogP contribution >= 0.6 is 0 Å². The zero-order valence-corrected chi connectivity index (χ0v) is 40.5. The molecule has 0 aliphatic carbocycles. The first-order valence-corrected chi connectivity index (χ1v) is 25.7. The number of fused-ring (bicyclic) bond motifs is 14. The zero-order chi connectivity index (χ0) is 46.4. The minimum Gasteiger partial charge on any atom is -0.491 e. The van der Waals surface area contributed by atoms with E-state index in [2.05, 4.69) is 159 Å². The third kappa shape index (κ3) is 10.9. The van der Waals surface area contributed by atoms with E-state index in [-0.39, 0.29) is 0 Å². The first-order chi connectivity index (χ1) is 33.7. The molecule has 8 aromatic rings. The van der Waals surface area contributed by atoms with E-state index in [4.69, 9.17) is 23.7 Å². The van der Waals surface area contributed by atoms with Crippen molar-refractivity contribution in [3.63, 3.8) is 0 Å². The normalized spacial score (nSPS) is 14.8. The summed E-state index contributed by atoms with van der Waals surface area (Å²) in [5, 5.41) is 9.22. The maximum Gasteiger partial charge on any atom is 0.137 e. The molecule has 0 unspecified atom stereocenters. The van der Waals surface area contributed by atoms with Crippen molar-refractivity contribution in [3.05, 3.63) is 146 Å². The summed E-state index contributed by atoms with van der Waals surface area (Å²) < 4.78 is 35.1. The van der Waals surface area contributed by atoms with Crippen LogP contribution in [0.15, 0.2) is 146 Å². The number of hydrogen-bond acceptors (Lipinski definition) is 5. The van der Waals surface area contributed by atoms with Crippen molar-refractivity contribution < 1.29 is 28.2 Å². The molecule has 0 saturated carbocycles. The van der Waals surface area contributed by atoms with Gasteiger partial charge in [-0.15, -0.1) is 0 Å². The van der Waals surface area contributed by atoms with E-state index < -0.39 is 0 Å². The lowest BCUT2D eigenvalue weighted by molar-refractivity contribution is -0.928. The SMILES string of the molecule is CCCCCCC[N+]1(CCCCCCC)CCOc2ccc3ccccc3c2-c2c(ccc3ccccc23)OCCOCCOc2ccc3ccccc3c2-c2c(ccc3ccccc23)OCC1. The Bertz CT molecular complexity index is 2710. The van der Waals surface area contributed by atoms with Crippen LogP contribution in [0.2, 0.25) is 0 Å². The molecule has 6 heteroatoms. The van der Waals surface area contributed by atoms with Crippen molar-refractivity contribution in [3.8, 4) is 45.3 Å². The second-order valence-corrected chi connectivity index (χ2v) is 18.7. The van der Waals surface area contributed by atoms with E-state index in [1.807, 2.05) is 0 Å². The highest BCUT2D eigenvalue weighted by Gasteiger charge is 2.29. The van der Waals surface area contributed by atoms with Crippen LogP contribution in [0, 0.1) is 0 Å². The van der Waals surface area contributed by atoms with Gasteiger partial charge < -0.3 is 28.2 Å². The van der Waals surface area contributed by atoms with Crippen LogP contribution in [-0.2, 0) is 4.74 Å². The minimum absolute atomic E-state index is 0.390. The third-order valence-electron chi connectivity index (χ3n) is 14.2. The summed E-state index contributed by atoms with van der Waals surface area (Å²) in [7, 11) is 0.